The second-order valence-electron chi connectivity index (χ2n) is 7.32. The van der Waals surface area contributed by atoms with E-state index in [0.717, 1.165) is 34.3 Å². The molecular weight excluding hydrogens is 410 g/mol. The lowest BCUT2D eigenvalue weighted by atomic mass is 10.1. The number of rotatable bonds is 3. The summed E-state index contributed by atoms with van der Waals surface area (Å²) in [6.07, 6.45) is 2.46. The Morgan fingerprint density at radius 3 is 2.74 bits per heavy atom. The lowest BCUT2D eigenvalue weighted by Crippen LogP contribution is -2.70. The standard InChI is InChI=1S/C19H26BrN5O2/c1-4-14-10-27-6-5-24(14)19-21-17-15(18(26)22-19)9-25(23-17)16-11(2)7-13(20)8-12(16)3/h7-9,14,17,19,21,23H,4-6,10H2,1-3H3,(H,22,26). The molecule has 0 aliphatic carbocycles. The number of hydrazine groups is 1. The lowest BCUT2D eigenvalue weighted by molar-refractivity contribution is -0.125. The van der Waals surface area contributed by atoms with Crippen LogP contribution < -0.4 is 21.1 Å². The third kappa shape index (κ3) is 3.52. The number of ether oxygens (including phenoxy) is 1. The number of nitrogens with zero attached hydrogens (tertiary/aromatic N) is 2. The Hall–Kier alpha value is -1.45. The van der Waals surface area contributed by atoms with Crippen molar-refractivity contribution in [2.75, 3.05) is 24.8 Å². The van der Waals surface area contributed by atoms with Crippen LogP contribution in [0, 0.1) is 13.8 Å². The Bertz CT molecular complexity index is 760. The molecule has 3 aliphatic heterocycles. The van der Waals surface area contributed by atoms with Crippen molar-refractivity contribution in [3.05, 3.63) is 39.5 Å². The summed E-state index contributed by atoms with van der Waals surface area (Å²) in [4.78, 5) is 15.1. The monoisotopic (exact) mass is 435 g/mol. The molecule has 1 amide bonds. The Morgan fingerprint density at radius 2 is 2.04 bits per heavy atom. The van der Waals surface area contributed by atoms with Crippen molar-refractivity contribution in [1.29, 1.82) is 0 Å². The average Bonchev–Trinajstić information content (AvgIpc) is 3.05. The van der Waals surface area contributed by atoms with Gasteiger partial charge in [-0.2, -0.15) is 0 Å². The van der Waals surface area contributed by atoms with E-state index in [1.54, 1.807) is 0 Å². The van der Waals surface area contributed by atoms with Crippen molar-refractivity contribution in [2.24, 2.45) is 0 Å². The fourth-order valence-corrected chi connectivity index (χ4v) is 4.82. The van der Waals surface area contributed by atoms with Gasteiger partial charge in [-0.25, -0.2) is 5.43 Å². The molecule has 3 N–H and O–H groups in total. The normalized spacial score (nSPS) is 28.7. The first-order chi connectivity index (χ1) is 13.0. The zero-order chi connectivity index (χ0) is 19.1. The fraction of sp³-hybridized carbons (Fsp3) is 0.526. The van der Waals surface area contributed by atoms with Crippen molar-refractivity contribution in [3.63, 3.8) is 0 Å². The smallest absolute Gasteiger partial charge is 0.254 e. The number of fused-ring (bicyclic) bond motifs is 1. The van der Waals surface area contributed by atoms with Crippen LogP contribution in [0.15, 0.2) is 28.4 Å². The molecule has 146 valence electrons. The zero-order valence-electron chi connectivity index (χ0n) is 15.9. The van der Waals surface area contributed by atoms with Crippen LogP contribution in [0.2, 0.25) is 0 Å². The van der Waals surface area contributed by atoms with Crippen LogP contribution in [0.5, 0.6) is 0 Å². The molecule has 0 radical (unpaired) electrons. The average molecular weight is 436 g/mol. The Kier molecular flexibility index (Phi) is 5.26. The van der Waals surface area contributed by atoms with Crippen molar-refractivity contribution in [3.8, 4) is 0 Å². The highest BCUT2D eigenvalue weighted by atomic mass is 79.9. The first-order valence-electron chi connectivity index (χ1n) is 9.42. The highest BCUT2D eigenvalue weighted by Crippen LogP contribution is 2.31. The van der Waals surface area contributed by atoms with Gasteiger partial charge in [-0.15, -0.1) is 0 Å². The first kappa shape index (κ1) is 18.9. The second kappa shape index (κ2) is 7.52. The largest absolute Gasteiger partial charge is 0.378 e. The summed E-state index contributed by atoms with van der Waals surface area (Å²) in [6.45, 7) is 8.49. The van der Waals surface area contributed by atoms with E-state index >= 15 is 0 Å². The molecule has 3 unspecified atom stereocenters. The van der Waals surface area contributed by atoms with Crippen LogP contribution in [0.3, 0.4) is 0 Å². The number of carbonyl (C=O) groups is 1. The molecule has 0 spiro atoms. The molecule has 1 aromatic carbocycles. The number of anilines is 1. The van der Waals surface area contributed by atoms with E-state index < -0.39 is 0 Å². The topological polar surface area (TPSA) is 68.9 Å². The molecule has 2 saturated heterocycles. The van der Waals surface area contributed by atoms with Gasteiger partial charge in [0.1, 0.15) is 12.5 Å². The number of hydrogen-bond donors (Lipinski definition) is 3. The first-order valence-corrected chi connectivity index (χ1v) is 10.2. The van der Waals surface area contributed by atoms with Gasteiger partial charge >= 0.3 is 0 Å². The molecule has 3 atom stereocenters. The highest BCUT2D eigenvalue weighted by molar-refractivity contribution is 9.10. The summed E-state index contributed by atoms with van der Waals surface area (Å²) in [5, 5.41) is 8.61. The van der Waals surface area contributed by atoms with Gasteiger partial charge in [0.25, 0.3) is 5.91 Å². The van der Waals surface area contributed by atoms with Gasteiger partial charge in [0.15, 0.2) is 0 Å². The number of morpholine rings is 1. The molecule has 3 aliphatic rings. The molecule has 1 aromatic rings. The van der Waals surface area contributed by atoms with E-state index in [1.165, 1.54) is 0 Å². The Balaban J connectivity index is 1.55. The second-order valence-corrected chi connectivity index (χ2v) is 8.24. The molecule has 27 heavy (non-hydrogen) atoms. The number of halogens is 1. The number of benzene rings is 1. The summed E-state index contributed by atoms with van der Waals surface area (Å²) in [5.41, 5.74) is 7.49. The van der Waals surface area contributed by atoms with Crippen molar-refractivity contribution in [1.82, 2.24) is 21.0 Å². The molecule has 7 nitrogen and oxygen atoms in total. The van der Waals surface area contributed by atoms with E-state index in [9.17, 15) is 4.79 Å². The number of nitrogens with one attached hydrogen (secondary N) is 3. The number of amides is 1. The lowest BCUT2D eigenvalue weighted by Gasteiger charge is -2.44. The quantitative estimate of drug-likeness (QED) is 0.671. The van der Waals surface area contributed by atoms with Gasteiger partial charge in [0.05, 0.1) is 24.5 Å². The molecule has 4 rings (SSSR count). The number of aryl methyl sites for hydroxylation is 2. The van der Waals surface area contributed by atoms with Crippen molar-refractivity contribution in [2.45, 2.75) is 45.7 Å². The van der Waals surface area contributed by atoms with Crippen molar-refractivity contribution < 1.29 is 9.53 Å². The van der Waals surface area contributed by atoms with Crippen molar-refractivity contribution >= 4 is 27.5 Å². The maximum atomic E-state index is 12.8. The van der Waals surface area contributed by atoms with E-state index in [2.05, 4.69) is 69.8 Å². The third-order valence-electron chi connectivity index (χ3n) is 5.47. The summed E-state index contributed by atoms with van der Waals surface area (Å²) >= 11 is 3.54. The Morgan fingerprint density at radius 1 is 1.30 bits per heavy atom. The molecule has 2 fully saturated rings. The number of carbonyl (C=O) groups excluding carboxylic acids is 1. The Labute approximate surface area is 168 Å². The van der Waals surface area contributed by atoms with E-state index in [0.29, 0.717) is 24.8 Å². The van der Waals surface area contributed by atoms with E-state index in [-0.39, 0.29) is 18.4 Å². The predicted octanol–water partition coefficient (Wildman–Crippen LogP) is 1.71. The molecule has 3 heterocycles. The van der Waals surface area contributed by atoms with Crippen LogP contribution in [0.25, 0.3) is 0 Å². The van der Waals surface area contributed by atoms with Gasteiger partial charge in [-0.1, -0.05) is 22.9 Å². The van der Waals surface area contributed by atoms with Gasteiger partial charge in [-0.3, -0.25) is 20.0 Å². The number of hydrogen-bond acceptors (Lipinski definition) is 6. The summed E-state index contributed by atoms with van der Waals surface area (Å²) < 4.78 is 6.65. The van der Waals surface area contributed by atoms with Gasteiger partial charge in [-0.05, 0) is 43.5 Å². The summed E-state index contributed by atoms with van der Waals surface area (Å²) in [7, 11) is 0. The minimum Gasteiger partial charge on any atom is -0.378 e. The summed E-state index contributed by atoms with van der Waals surface area (Å²) in [5.74, 6) is -0.0347. The minimum absolute atomic E-state index is 0.0347. The SMILES string of the molecule is CCC1COCCN1C1NC(=O)C2=CN(c3c(C)cc(Br)cc3C)NC2N1. The molecule has 0 aromatic heterocycles. The molecule has 0 saturated carbocycles. The summed E-state index contributed by atoms with van der Waals surface area (Å²) in [6, 6.07) is 4.47. The van der Waals surface area contributed by atoms with Gasteiger partial charge < -0.3 is 10.1 Å². The maximum Gasteiger partial charge on any atom is 0.254 e. The van der Waals surface area contributed by atoms with Crippen LogP contribution in [0.4, 0.5) is 5.69 Å². The highest BCUT2D eigenvalue weighted by Gasteiger charge is 2.40. The third-order valence-corrected chi connectivity index (χ3v) is 5.93. The van der Waals surface area contributed by atoms with Gasteiger partial charge in [0.2, 0.25) is 0 Å². The molecular formula is C19H26BrN5O2. The predicted molar refractivity (Wildman–Crippen MR) is 108 cm³/mol. The van der Waals surface area contributed by atoms with Crippen LogP contribution in [-0.4, -0.2) is 49.1 Å². The molecule has 8 heteroatoms. The maximum absolute atomic E-state index is 12.8. The van der Waals surface area contributed by atoms with E-state index in [1.807, 2.05) is 11.2 Å². The van der Waals surface area contributed by atoms with Gasteiger partial charge in [0, 0.05) is 23.3 Å². The minimum atomic E-state index is -0.216. The molecule has 0 bridgehead atoms. The van der Waals surface area contributed by atoms with Crippen LogP contribution in [0.1, 0.15) is 24.5 Å². The fourth-order valence-electron chi connectivity index (χ4n) is 4.13. The van der Waals surface area contributed by atoms with Crippen LogP contribution in [-0.2, 0) is 9.53 Å². The van der Waals surface area contributed by atoms with E-state index in [4.69, 9.17) is 4.74 Å². The van der Waals surface area contributed by atoms with Crippen LogP contribution >= 0.6 is 15.9 Å². The zero-order valence-corrected chi connectivity index (χ0v) is 17.5.